The molecule has 1 heterocycles. The van der Waals surface area contributed by atoms with Gasteiger partial charge >= 0.3 is 0 Å². The zero-order valence-electron chi connectivity index (χ0n) is 14.3. The maximum atomic E-state index is 6.24. The largest absolute Gasteiger partial charge is 0.370 e. The Morgan fingerprint density at radius 3 is 2.70 bits per heavy atom. The van der Waals surface area contributed by atoms with Crippen LogP contribution in [-0.4, -0.2) is 37.0 Å². The van der Waals surface area contributed by atoms with Crippen LogP contribution in [0.1, 0.15) is 32.3 Å². The summed E-state index contributed by atoms with van der Waals surface area (Å²) in [7, 11) is 0. The second kappa shape index (κ2) is 9.14. The molecule has 3 N–H and O–H groups in total. The highest BCUT2D eigenvalue weighted by molar-refractivity contribution is 6.31. The van der Waals surface area contributed by atoms with Crippen molar-refractivity contribution in [2.75, 3.05) is 26.2 Å². The van der Waals surface area contributed by atoms with Gasteiger partial charge in [-0.2, -0.15) is 0 Å². The summed E-state index contributed by atoms with van der Waals surface area (Å²) in [6.07, 6.45) is 2.38. The fraction of sp³-hybridized carbons (Fsp3) is 0.611. The topological polar surface area (TPSA) is 53.6 Å². The second-order valence-electron chi connectivity index (χ2n) is 6.81. The standard InChI is InChI=1S/C18H29ClN4/c1-14(2)11-21-18(20)22-12-15-7-9-23(10-8-15)13-16-5-3-4-6-17(16)19/h3-6,14-15H,7-13H2,1-2H3,(H3,20,21,22). The summed E-state index contributed by atoms with van der Waals surface area (Å²) in [6, 6.07) is 8.11. The molecule has 0 atom stereocenters. The number of halogens is 1. The Hall–Kier alpha value is -1.26. The van der Waals surface area contributed by atoms with Crippen molar-refractivity contribution in [1.29, 1.82) is 0 Å². The molecule has 0 spiro atoms. The molecular formula is C18H29ClN4. The highest BCUT2D eigenvalue weighted by Gasteiger charge is 2.19. The molecule has 0 bridgehead atoms. The van der Waals surface area contributed by atoms with Crippen molar-refractivity contribution < 1.29 is 0 Å². The van der Waals surface area contributed by atoms with E-state index < -0.39 is 0 Å². The van der Waals surface area contributed by atoms with Gasteiger partial charge in [0.1, 0.15) is 0 Å². The van der Waals surface area contributed by atoms with E-state index in [1.807, 2.05) is 12.1 Å². The SMILES string of the molecule is CC(C)CN=C(N)NCC1CCN(Cc2ccccc2Cl)CC1. The fourth-order valence-electron chi connectivity index (χ4n) is 2.80. The van der Waals surface area contributed by atoms with Gasteiger partial charge in [-0.05, 0) is 49.4 Å². The second-order valence-corrected chi connectivity index (χ2v) is 7.22. The molecule has 1 aliphatic heterocycles. The third-order valence-corrected chi connectivity index (χ3v) is 4.63. The number of nitrogens with one attached hydrogen (secondary N) is 1. The van der Waals surface area contributed by atoms with Gasteiger partial charge in [0, 0.05) is 24.7 Å². The third kappa shape index (κ3) is 6.40. The number of hydrogen-bond donors (Lipinski definition) is 2. The molecule has 0 aromatic heterocycles. The molecule has 1 aliphatic rings. The van der Waals surface area contributed by atoms with Crippen molar-refractivity contribution in [3.05, 3.63) is 34.9 Å². The number of piperidine rings is 1. The average molecular weight is 337 g/mol. The predicted octanol–water partition coefficient (Wildman–Crippen LogP) is 3.11. The summed E-state index contributed by atoms with van der Waals surface area (Å²) in [5.74, 6) is 1.80. The molecule has 0 amide bonds. The lowest BCUT2D eigenvalue weighted by Gasteiger charge is -2.32. The molecule has 1 fully saturated rings. The van der Waals surface area contributed by atoms with Crippen molar-refractivity contribution in [2.24, 2.45) is 22.6 Å². The summed E-state index contributed by atoms with van der Waals surface area (Å²) in [6.45, 7) is 9.17. The van der Waals surface area contributed by atoms with Crippen LogP contribution in [0.15, 0.2) is 29.3 Å². The first kappa shape index (κ1) is 18.1. The summed E-state index contributed by atoms with van der Waals surface area (Å²) in [5, 5.41) is 4.14. The Morgan fingerprint density at radius 2 is 2.04 bits per heavy atom. The normalized spacial score (nSPS) is 17.7. The minimum Gasteiger partial charge on any atom is -0.370 e. The highest BCUT2D eigenvalue weighted by Crippen LogP contribution is 2.21. The molecular weight excluding hydrogens is 308 g/mol. The Morgan fingerprint density at radius 1 is 1.35 bits per heavy atom. The van der Waals surface area contributed by atoms with Gasteiger partial charge in [0.2, 0.25) is 0 Å². The Labute approximate surface area is 145 Å². The van der Waals surface area contributed by atoms with Gasteiger partial charge in [-0.3, -0.25) is 9.89 Å². The van der Waals surface area contributed by atoms with E-state index in [2.05, 4.69) is 41.2 Å². The molecule has 1 saturated heterocycles. The van der Waals surface area contributed by atoms with Crippen molar-refractivity contribution in [3.8, 4) is 0 Å². The van der Waals surface area contributed by atoms with E-state index in [-0.39, 0.29) is 0 Å². The van der Waals surface area contributed by atoms with Crippen LogP contribution in [0, 0.1) is 11.8 Å². The number of hydrogen-bond acceptors (Lipinski definition) is 2. The molecule has 2 rings (SSSR count). The number of guanidine groups is 1. The van der Waals surface area contributed by atoms with Crippen molar-refractivity contribution in [1.82, 2.24) is 10.2 Å². The lowest BCUT2D eigenvalue weighted by molar-refractivity contribution is 0.178. The zero-order valence-corrected chi connectivity index (χ0v) is 15.0. The van der Waals surface area contributed by atoms with Crippen LogP contribution in [0.25, 0.3) is 0 Å². The van der Waals surface area contributed by atoms with Crippen molar-refractivity contribution in [3.63, 3.8) is 0 Å². The number of rotatable bonds is 6. The van der Waals surface area contributed by atoms with E-state index >= 15 is 0 Å². The summed E-state index contributed by atoms with van der Waals surface area (Å²) >= 11 is 6.24. The van der Waals surface area contributed by atoms with Crippen LogP contribution in [0.5, 0.6) is 0 Å². The lowest BCUT2D eigenvalue weighted by Crippen LogP contribution is -2.40. The highest BCUT2D eigenvalue weighted by atomic mass is 35.5. The summed E-state index contributed by atoms with van der Waals surface area (Å²) in [4.78, 5) is 6.83. The minimum atomic E-state index is 0.545. The molecule has 5 heteroatoms. The molecule has 0 unspecified atom stereocenters. The molecule has 1 aromatic rings. The van der Waals surface area contributed by atoms with E-state index in [4.69, 9.17) is 17.3 Å². The molecule has 1 aromatic carbocycles. The number of aliphatic imine (C=N–C) groups is 1. The van der Waals surface area contributed by atoms with Crippen LogP contribution in [0.2, 0.25) is 5.02 Å². The average Bonchev–Trinajstić information content (AvgIpc) is 2.54. The van der Waals surface area contributed by atoms with Gasteiger partial charge in [-0.15, -0.1) is 0 Å². The van der Waals surface area contributed by atoms with Gasteiger partial charge in [0.25, 0.3) is 0 Å². The van der Waals surface area contributed by atoms with Gasteiger partial charge in [-0.1, -0.05) is 43.6 Å². The smallest absolute Gasteiger partial charge is 0.188 e. The van der Waals surface area contributed by atoms with Crippen LogP contribution in [-0.2, 0) is 6.54 Å². The first-order valence-electron chi connectivity index (χ1n) is 8.54. The van der Waals surface area contributed by atoms with E-state index in [0.717, 1.165) is 37.7 Å². The Balaban J connectivity index is 1.70. The van der Waals surface area contributed by atoms with E-state index in [9.17, 15) is 0 Å². The minimum absolute atomic E-state index is 0.545. The summed E-state index contributed by atoms with van der Waals surface area (Å²) < 4.78 is 0. The Kier molecular flexibility index (Phi) is 7.18. The van der Waals surface area contributed by atoms with Gasteiger partial charge in [0.15, 0.2) is 5.96 Å². The quantitative estimate of drug-likeness (QED) is 0.620. The molecule has 0 aliphatic carbocycles. The number of benzene rings is 1. The van der Waals surface area contributed by atoms with Crippen LogP contribution in [0.3, 0.4) is 0 Å². The van der Waals surface area contributed by atoms with Gasteiger partial charge < -0.3 is 11.1 Å². The lowest BCUT2D eigenvalue weighted by atomic mass is 9.96. The number of nitrogens with two attached hydrogens (primary N) is 1. The van der Waals surface area contributed by atoms with Gasteiger partial charge in [0.05, 0.1) is 0 Å². The zero-order chi connectivity index (χ0) is 16.7. The van der Waals surface area contributed by atoms with Gasteiger partial charge in [-0.25, -0.2) is 0 Å². The molecule has 23 heavy (non-hydrogen) atoms. The van der Waals surface area contributed by atoms with Crippen molar-refractivity contribution >= 4 is 17.6 Å². The predicted molar refractivity (Wildman–Crippen MR) is 98.8 cm³/mol. The van der Waals surface area contributed by atoms with Crippen LogP contribution >= 0.6 is 11.6 Å². The number of likely N-dealkylation sites (tertiary alicyclic amines) is 1. The summed E-state index contributed by atoms with van der Waals surface area (Å²) in [5.41, 5.74) is 7.12. The van der Waals surface area contributed by atoms with E-state index in [1.165, 1.54) is 18.4 Å². The van der Waals surface area contributed by atoms with E-state index in [0.29, 0.717) is 17.8 Å². The fourth-order valence-corrected chi connectivity index (χ4v) is 3.00. The maximum absolute atomic E-state index is 6.24. The molecule has 0 radical (unpaired) electrons. The van der Waals surface area contributed by atoms with Crippen LogP contribution in [0.4, 0.5) is 0 Å². The molecule has 4 nitrogen and oxygen atoms in total. The van der Waals surface area contributed by atoms with Crippen LogP contribution < -0.4 is 11.1 Å². The first-order chi connectivity index (χ1) is 11.0. The Bertz CT molecular complexity index is 507. The maximum Gasteiger partial charge on any atom is 0.188 e. The first-order valence-corrected chi connectivity index (χ1v) is 8.92. The van der Waals surface area contributed by atoms with E-state index in [1.54, 1.807) is 0 Å². The third-order valence-electron chi connectivity index (χ3n) is 4.26. The molecule has 0 saturated carbocycles. The van der Waals surface area contributed by atoms with Crippen molar-refractivity contribution in [2.45, 2.75) is 33.2 Å². The molecule has 128 valence electrons. The number of nitrogens with zero attached hydrogens (tertiary/aromatic N) is 2. The monoisotopic (exact) mass is 336 g/mol.